The second-order valence-electron chi connectivity index (χ2n) is 8.96. The van der Waals surface area contributed by atoms with Crippen molar-refractivity contribution in [3.8, 4) is 10.7 Å². The summed E-state index contributed by atoms with van der Waals surface area (Å²) in [5, 5.41) is 2.68. The number of thiazole rings is 1. The smallest absolute Gasteiger partial charge is 0.244 e. The maximum Gasteiger partial charge on any atom is 0.244 e. The van der Waals surface area contributed by atoms with Crippen molar-refractivity contribution in [2.24, 2.45) is 0 Å². The minimum absolute atomic E-state index is 0.0318. The molecule has 0 spiro atoms. The number of sulfonamides is 1. The second-order valence-corrected chi connectivity index (χ2v) is 11.8. The Hall–Kier alpha value is -1.75. The summed E-state index contributed by atoms with van der Waals surface area (Å²) >= 11 is 1.47. The second kappa shape index (κ2) is 9.62. The third kappa shape index (κ3) is 4.93. The molecule has 0 saturated carbocycles. The average Bonchev–Trinajstić information content (AvgIpc) is 3.41. The van der Waals surface area contributed by atoms with Gasteiger partial charge in [0.15, 0.2) is 0 Å². The third-order valence-corrected chi connectivity index (χ3v) is 9.21. The summed E-state index contributed by atoms with van der Waals surface area (Å²) in [7, 11) is -3.64. The van der Waals surface area contributed by atoms with E-state index in [1.54, 1.807) is 21.1 Å². The van der Waals surface area contributed by atoms with Crippen LogP contribution in [0.2, 0.25) is 0 Å². The van der Waals surface area contributed by atoms with Crippen LogP contribution in [-0.4, -0.2) is 83.3 Å². The summed E-state index contributed by atoms with van der Waals surface area (Å²) < 4.78 is 30.2. The Labute approximate surface area is 194 Å². The quantitative estimate of drug-likeness (QED) is 0.637. The molecule has 1 amide bonds. The Morgan fingerprint density at radius 1 is 1.09 bits per heavy atom. The van der Waals surface area contributed by atoms with Gasteiger partial charge in [-0.3, -0.25) is 9.69 Å². The summed E-state index contributed by atoms with van der Waals surface area (Å²) in [6.45, 7) is 10.3. The lowest BCUT2D eigenvalue weighted by molar-refractivity contribution is -0.132. The van der Waals surface area contributed by atoms with E-state index in [1.807, 2.05) is 17.2 Å². The molecule has 0 aromatic carbocycles. The summed E-state index contributed by atoms with van der Waals surface area (Å²) in [5.74, 6) is 0.0318. The van der Waals surface area contributed by atoms with E-state index in [1.165, 1.54) is 11.3 Å². The van der Waals surface area contributed by atoms with Gasteiger partial charge < -0.3 is 9.47 Å². The van der Waals surface area contributed by atoms with Gasteiger partial charge in [0.25, 0.3) is 0 Å². The molecule has 10 heteroatoms. The highest BCUT2D eigenvalue weighted by atomic mass is 32.2. The summed E-state index contributed by atoms with van der Waals surface area (Å²) in [4.78, 5) is 21.9. The van der Waals surface area contributed by atoms with E-state index in [0.717, 1.165) is 56.1 Å². The normalized spacial score (nSPS) is 19.1. The third-order valence-electron chi connectivity index (χ3n) is 6.37. The number of carbonyl (C=O) groups is 1. The molecule has 2 aliphatic heterocycles. The van der Waals surface area contributed by atoms with Crippen molar-refractivity contribution >= 4 is 27.3 Å². The largest absolute Gasteiger partial charge is 0.341 e. The maximum absolute atomic E-state index is 13.4. The molecule has 2 aromatic heterocycles. The van der Waals surface area contributed by atoms with Crippen molar-refractivity contribution in [1.29, 1.82) is 0 Å². The van der Waals surface area contributed by atoms with Gasteiger partial charge in [0.2, 0.25) is 15.9 Å². The van der Waals surface area contributed by atoms with Gasteiger partial charge in [-0.15, -0.1) is 11.3 Å². The predicted molar refractivity (Wildman–Crippen MR) is 126 cm³/mol. The summed E-state index contributed by atoms with van der Waals surface area (Å²) in [5.41, 5.74) is 1.57. The maximum atomic E-state index is 13.4. The Kier molecular flexibility index (Phi) is 7.04. The molecule has 0 unspecified atom stereocenters. The fourth-order valence-corrected chi connectivity index (χ4v) is 6.70. The lowest BCUT2D eigenvalue weighted by atomic mass is 10.1. The SMILES string of the molecule is Cc1csc(-c2cc(S(=O)(=O)N3CCN(C(C)C)CC3)cn2CC(=O)N2CCCCC2)n1. The molecule has 4 rings (SSSR count). The van der Waals surface area contributed by atoms with E-state index in [4.69, 9.17) is 0 Å². The van der Waals surface area contributed by atoms with Crippen molar-refractivity contribution in [3.63, 3.8) is 0 Å². The number of likely N-dealkylation sites (tertiary alicyclic amines) is 1. The molecule has 176 valence electrons. The first-order valence-electron chi connectivity index (χ1n) is 11.4. The van der Waals surface area contributed by atoms with Gasteiger partial charge in [-0.1, -0.05) is 0 Å². The van der Waals surface area contributed by atoms with Crippen molar-refractivity contribution in [3.05, 3.63) is 23.3 Å². The van der Waals surface area contributed by atoms with Crippen molar-refractivity contribution in [1.82, 2.24) is 23.7 Å². The zero-order valence-corrected chi connectivity index (χ0v) is 20.8. The molecule has 0 atom stereocenters. The molecular weight excluding hydrogens is 446 g/mol. The van der Waals surface area contributed by atoms with Crippen molar-refractivity contribution in [2.75, 3.05) is 39.3 Å². The van der Waals surface area contributed by atoms with Gasteiger partial charge in [-0.25, -0.2) is 13.4 Å². The van der Waals surface area contributed by atoms with E-state index in [2.05, 4.69) is 23.7 Å². The van der Waals surface area contributed by atoms with Crippen LogP contribution in [0.1, 0.15) is 38.8 Å². The number of piperidine rings is 1. The topological polar surface area (TPSA) is 78.8 Å². The van der Waals surface area contributed by atoms with Crippen LogP contribution in [0.25, 0.3) is 10.7 Å². The highest BCUT2D eigenvalue weighted by molar-refractivity contribution is 7.89. The van der Waals surface area contributed by atoms with E-state index in [0.29, 0.717) is 24.8 Å². The van der Waals surface area contributed by atoms with Crippen LogP contribution in [0.15, 0.2) is 22.5 Å². The summed E-state index contributed by atoms with van der Waals surface area (Å²) in [6, 6.07) is 2.09. The number of aryl methyl sites for hydroxylation is 1. The van der Waals surface area contributed by atoms with Crippen LogP contribution in [0.4, 0.5) is 0 Å². The summed E-state index contributed by atoms with van der Waals surface area (Å²) in [6.07, 6.45) is 4.83. The number of rotatable bonds is 6. The molecule has 2 saturated heterocycles. The van der Waals surface area contributed by atoms with Gasteiger partial charge in [0.05, 0.1) is 5.69 Å². The Bertz CT molecular complexity index is 1050. The van der Waals surface area contributed by atoms with Crippen LogP contribution in [0.3, 0.4) is 0 Å². The van der Waals surface area contributed by atoms with E-state index >= 15 is 0 Å². The standard InChI is InChI=1S/C22H33N5O3S2/c1-17(2)24-9-11-27(12-10-24)32(29,30)19-13-20(22-23-18(3)16-31-22)26(14-19)15-21(28)25-7-5-4-6-8-25/h13-14,16-17H,4-12,15H2,1-3H3. The molecular formula is C22H33N5O3S2. The van der Waals surface area contributed by atoms with Crippen LogP contribution in [0, 0.1) is 6.92 Å². The average molecular weight is 480 g/mol. The highest BCUT2D eigenvalue weighted by Gasteiger charge is 2.31. The number of carbonyl (C=O) groups excluding carboxylic acids is 1. The van der Waals surface area contributed by atoms with Gasteiger partial charge >= 0.3 is 0 Å². The van der Waals surface area contributed by atoms with Crippen molar-refractivity contribution < 1.29 is 13.2 Å². The molecule has 2 aromatic rings. The number of amides is 1. The van der Waals surface area contributed by atoms with Crippen molar-refractivity contribution in [2.45, 2.75) is 57.5 Å². The van der Waals surface area contributed by atoms with E-state index < -0.39 is 10.0 Å². The molecule has 2 fully saturated rings. The highest BCUT2D eigenvalue weighted by Crippen LogP contribution is 2.30. The van der Waals surface area contributed by atoms with Gasteiger partial charge in [-0.2, -0.15) is 4.31 Å². The number of hydrogen-bond donors (Lipinski definition) is 0. The molecule has 0 radical (unpaired) electrons. The molecule has 2 aliphatic rings. The molecule has 0 bridgehead atoms. The lowest BCUT2D eigenvalue weighted by Gasteiger charge is -2.36. The van der Waals surface area contributed by atoms with Crippen LogP contribution in [-0.2, 0) is 21.4 Å². The van der Waals surface area contributed by atoms with Crippen LogP contribution >= 0.6 is 11.3 Å². The fourth-order valence-electron chi connectivity index (χ4n) is 4.40. The number of hydrogen-bond acceptors (Lipinski definition) is 6. The Balaban J connectivity index is 1.61. The minimum atomic E-state index is -3.64. The number of aromatic nitrogens is 2. The van der Waals surface area contributed by atoms with Gasteiger partial charge in [-0.05, 0) is 46.1 Å². The lowest BCUT2D eigenvalue weighted by Crippen LogP contribution is -2.50. The molecule has 8 nitrogen and oxygen atoms in total. The first-order chi connectivity index (χ1) is 15.3. The van der Waals surface area contributed by atoms with E-state index in [-0.39, 0.29) is 17.3 Å². The molecule has 0 aliphatic carbocycles. The van der Waals surface area contributed by atoms with Crippen LogP contribution in [0.5, 0.6) is 0 Å². The Morgan fingerprint density at radius 2 is 1.78 bits per heavy atom. The number of nitrogens with zero attached hydrogens (tertiary/aromatic N) is 5. The van der Waals surface area contributed by atoms with Crippen LogP contribution < -0.4 is 0 Å². The zero-order chi connectivity index (χ0) is 22.9. The zero-order valence-electron chi connectivity index (χ0n) is 19.2. The first-order valence-corrected chi connectivity index (χ1v) is 13.7. The Morgan fingerprint density at radius 3 is 2.38 bits per heavy atom. The number of piperazine rings is 1. The monoisotopic (exact) mass is 479 g/mol. The predicted octanol–water partition coefficient (Wildman–Crippen LogP) is 2.65. The molecule has 0 N–H and O–H groups in total. The minimum Gasteiger partial charge on any atom is -0.341 e. The van der Waals surface area contributed by atoms with Gasteiger partial charge in [0.1, 0.15) is 16.4 Å². The van der Waals surface area contributed by atoms with Gasteiger partial charge in [0, 0.05) is 62.6 Å². The first kappa shape index (κ1) is 23.4. The fraction of sp³-hybridized carbons (Fsp3) is 0.636. The molecule has 4 heterocycles. The molecule has 32 heavy (non-hydrogen) atoms. The van der Waals surface area contributed by atoms with E-state index in [9.17, 15) is 13.2 Å².